The first-order chi connectivity index (χ1) is 8.87. The van der Waals surface area contributed by atoms with Crippen molar-refractivity contribution < 1.29 is 23.1 Å². The number of carboxylic acids is 1. The molecule has 1 fully saturated rings. The third-order valence-electron chi connectivity index (χ3n) is 2.69. The number of carboxylic acid groups (broad SMARTS) is 1. The van der Waals surface area contributed by atoms with Gasteiger partial charge in [0, 0.05) is 13.1 Å². The van der Waals surface area contributed by atoms with Crippen LogP contribution in [0.25, 0.3) is 0 Å². The van der Waals surface area contributed by atoms with Crippen LogP contribution >= 0.6 is 0 Å². The van der Waals surface area contributed by atoms with Crippen LogP contribution in [0.5, 0.6) is 0 Å². The smallest absolute Gasteiger partial charge is 0.325 e. The molecule has 0 bridgehead atoms. The van der Waals surface area contributed by atoms with Crippen molar-refractivity contribution in [2.45, 2.75) is 6.54 Å². The summed E-state index contributed by atoms with van der Waals surface area (Å²) in [7, 11) is -3.05. The minimum Gasteiger partial charge on any atom is -0.480 e. The molecule has 0 radical (unpaired) electrons. The van der Waals surface area contributed by atoms with E-state index in [-0.39, 0.29) is 36.8 Å². The van der Waals surface area contributed by atoms with Crippen LogP contribution in [0.1, 0.15) is 10.5 Å². The van der Waals surface area contributed by atoms with Gasteiger partial charge in [0.2, 0.25) is 0 Å². The van der Waals surface area contributed by atoms with Gasteiger partial charge in [-0.2, -0.15) is 0 Å². The fourth-order valence-electron chi connectivity index (χ4n) is 1.69. The molecule has 0 aromatic carbocycles. The lowest BCUT2D eigenvalue weighted by molar-refractivity contribution is -0.137. The lowest BCUT2D eigenvalue weighted by Crippen LogP contribution is -2.43. The third-order valence-corrected chi connectivity index (χ3v) is 4.30. The van der Waals surface area contributed by atoms with Gasteiger partial charge in [-0.1, -0.05) is 5.21 Å². The summed E-state index contributed by atoms with van der Waals surface area (Å²) in [5, 5.41) is 15.7. The predicted molar refractivity (Wildman–Crippen MR) is 62.2 cm³/mol. The van der Waals surface area contributed by atoms with Gasteiger partial charge in [0.25, 0.3) is 5.91 Å². The first-order valence-electron chi connectivity index (χ1n) is 5.49. The maximum absolute atomic E-state index is 12.0. The second kappa shape index (κ2) is 4.96. The van der Waals surface area contributed by atoms with E-state index < -0.39 is 21.7 Å². The maximum Gasteiger partial charge on any atom is 0.325 e. The van der Waals surface area contributed by atoms with Crippen molar-refractivity contribution in [3.8, 4) is 0 Å². The van der Waals surface area contributed by atoms with Crippen LogP contribution < -0.4 is 0 Å². The van der Waals surface area contributed by atoms with E-state index in [1.165, 1.54) is 11.1 Å². The van der Waals surface area contributed by atoms with Crippen LogP contribution in [0.15, 0.2) is 6.20 Å². The Labute approximate surface area is 108 Å². The topological polar surface area (TPSA) is 122 Å². The number of aromatic nitrogens is 3. The summed E-state index contributed by atoms with van der Waals surface area (Å²) in [5.74, 6) is -1.66. The van der Waals surface area contributed by atoms with Gasteiger partial charge >= 0.3 is 5.97 Å². The maximum atomic E-state index is 12.0. The van der Waals surface area contributed by atoms with Crippen LogP contribution in [0.4, 0.5) is 0 Å². The van der Waals surface area contributed by atoms with E-state index >= 15 is 0 Å². The zero-order chi connectivity index (χ0) is 14.0. The monoisotopic (exact) mass is 288 g/mol. The van der Waals surface area contributed by atoms with Crippen LogP contribution in [-0.2, 0) is 21.2 Å². The fraction of sp³-hybridized carbons (Fsp3) is 0.556. The number of amides is 1. The number of carbonyl (C=O) groups excluding carboxylic acids is 1. The second-order valence-corrected chi connectivity index (χ2v) is 6.44. The average Bonchev–Trinajstić information content (AvgIpc) is 2.75. The molecule has 1 aliphatic heterocycles. The van der Waals surface area contributed by atoms with Crippen molar-refractivity contribution in [3.05, 3.63) is 11.9 Å². The molecule has 1 aliphatic rings. The van der Waals surface area contributed by atoms with Crippen molar-refractivity contribution >= 4 is 21.7 Å². The van der Waals surface area contributed by atoms with Crippen molar-refractivity contribution in [2.75, 3.05) is 24.6 Å². The quantitative estimate of drug-likeness (QED) is 0.698. The molecular formula is C9H12N4O5S. The van der Waals surface area contributed by atoms with Gasteiger partial charge in [-0.15, -0.1) is 5.10 Å². The summed E-state index contributed by atoms with van der Waals surface area (Å²) in [6.45, 7) is -0.144. The Balaban J connectivity index is 2.04. The number of aliphatic carboxylic acids is 1. The lowest BCUT2D eigenvalue weighted by Gasteiger charge is -2.25. The van der Waals surface area contributed by atoms with E-state index in [2.05, 4.69) is 10.3 Å². The molecule has 19 heavy (non-hydrogen) atoms. The van der Waals surface area contributed by atoms with E-state index in [1.807, 2.05) is 0 Å². The molecule has 2 heterocycles. The number of carbonyl (C=O) groups is 2. The highest BCUT2D eigenvalue weighted by Crippen LogP contribution is 2.08. The molecule has 2 rings (SSSR count). The molecule has 104 valence electrons. The molecule has 0 saturated carbocycles. The summed E-state index contributed by atoms with van der Waals surface area (Å²) in [6, 6.07) is 0. The van der Waals surface area contributed by atoms with Crippen LogP contribution in [0.2, 0.25) is 0 Å². The third kappa shape index (κ3) is 3.28. The summed E-state index contributed by atoms with van der Waals surface area (Å²) >= 11 is 0. The molecule has 0 aliphatic carbocycles. The average molecular weight is 288 g/mol. The second-order valence-electron chi connectivity index (χ2n) is 4.14. The minimum atomic E-state index is -3.05. The highest BCUT2D eigenvalue weighted by Gasteiger charge is 2.27. The lowest BCUT2D eigenvalue weighted by atomic mass is 10.3. The van der Waals surface area contributed by atoms with Crippen molar-refractivity contribution in [1.82, 2.24) is 19.9 Å². The van der Waals surface area contributed by atoms with Crippen LogP contribution in [0, 0.1) is 0 Å². The Morgan fingerprint density at radius 2 is 1.95 bits per heavy atom. The Morgan fingerprint density at radius 3 is 2.53 bits per heavy atom. The van der Waals surface area contributed by atoms with Crippen molar-refractivity contribution in [3.63, 3.8) is 0 Å². The highest BCUT2D eigenvalue weighted by molar-refractivity contribution is 7.91. The Morgan fingerprint density at radius 1 is 1.32 bits per heavy atom. The van der Waals surface area contributed by atoms with Gasteiger partial charge in [0.1, 0.15) is 6.54 Å². The van der Waals surface area contributed by atoms with E-state index in [4.69, 9.17) is 5.11 Å². The number of hydrogen-bond acceptors (Lipinski definition) is 6. The standard InChI is InChI=1S/C9H12N4O5S/c14-8(15)6-13-5-7(10-11-13)9(16)12-1-3-19(17,18)4-2-12/h5H,1-4,6H2,(H,14,15). The van der Waals surface area contributed by atoms with Crippen molar-refractivity contribution in [2.24, 2.45) is 0 Å². The van der Waals surface area contributed by atoms with E-state index in [0.29, 0.717) is 0 Å². The summed E-state index contributed by atoms with van der Waals surface area (Å²) in [4.78, 5) is 23.8. The fourth-order valence-corrected chi connectivity index (χ4v) is 2.89. The number of hydrogen-bond donors (Lipinski definition) is 1. The first-order valence-corrected chi connectivity index (χ1v) is 7.31. The van der Waals surface area contributed by atoms with Gasteiger partial charge < -0.3 is 10.0 Å². The Hall–Kier alpha value is -1.97. The molecule has 1 aromatic rings. The van der Waals surface area contributed by atoms with Gasteiger partial charge in [-0.3, -0.25) is 9.59 Å². The summed E-state index contributed by atoms with van der Waals surface area (Å²) < 4.78 is 23.5. The van der Waals surface area contributed by atoms with Crippen molar-refractivity contribution in [1.29, 1.82) is 0 Å². The normalized spacial score (nSPS) is 18.2. The molecule has 0 unspecified atom stereocenters. The van der Waals surface area contributed by atoms with Gasteiger partial charge in [-0.05, 0) is 0 Å². The molecule has 0 atom stereocenters. The van der Waals surface area contributed by atoms with Gasteiger partial charge in [0.15, 0.2) is 15.5 Å². The van der Waals surface area contributed by atoms with E-state index in [1.54, 1.807) is 0 Å². The summed E-state index contributed by atoms with van der Waals surface area (Å²) in [6.07, 6.45) is 1.24. The van der Waals surface area contributed by atoms with Crippen LogP contribution in [0.3, 0.4) is 0 Å². The molecule has 0 spiro atoms. The van der Waals surface area contributed by atoms with E-state index in [9.17, 15) is 18.0 Å². The SMILES string of the molecule is O=C(O)Cn1cc(C(=O)N2CCS(=O)(=O)CC2)nn1. The zero-order valence-corrected chi connectivity index (χ0v) is 10.7. The predicted octanol–water partition coefficient (Wildman–Crippen LogP) is -1.77. The minimum absolute atomic E-state index is 0.0144. The Kier molecular flexibility index (Phi) is 3.51. The van der Waals surface area contributed by atoms with Gasteiger partial charge in [0.05, 0.1) is 17.7 Å². The summed E-state index contributed by atoms with van der Waals surface area (Å²) in [5.41, 5.74) is 0.0144. The van der Waals surface area contributed by atoms with Crippen LogP contribution in [-0.4, -0.2) is 69.9 Å². The molecule has 1 amide bonds. The molecule has 9 nitrogen and oxygen atoms in total. The molecule has 1 aromatic heterocycles. The Bertz CT molecular complexity index is 594. The first kappa shape index (κ1) is 13.5. The molecular weight excluding hydrogens is 276 g/mol. The molecule has 1 N–H and O–H groups in total. The number of nitrogens with zero attached hydrogens (tertiary/aromatic N) is 4. The highest BCUT2D eigenvalue weighted by atomic mass is 32.2. The van der Waals surface area contributed by atoms with Gasteiger partial charge in [-0.25, -0.2) is 13.1 Å². The molecule has 10 heteroatoms. The zero-order valence-electron chi connectivity index (χ0n) is 9.89. The largest absolute Gasteiger partial charge is 0.480 e. The molecule has 1 saturated heterocycles. The number of sulfone groups is 1. The number of rotatable bonds is 3. The van der Waals surface area contributed by atoms with E-state index in [0.717, 1.165) is 4.68 Å².